The highest BCUT2D eigenvalue weighted by molar-refractivity contribution is 7.15. The Bertz CT molecular complexity index is 824. The number of nitrogens with zero attached hydrogens (tertiary/aromatic N) is 1. The molecule has 0 fully saturated rings. The molecular formula is C14H13BN2O6S. The van der Waals surface area contributed by atoms with Crippen molar-refractivity contribution in [1.29, 1.82) is 0 Å². The monoisotopic (exact) mass is 348 g/mol. The maximum Gasteiger partial charge on any atom is 0.492 e. The number of carbonyl (C=O) groups excluding carboxylic acids is 1. The van der Waals surface area contributed by atoms with Crippen molar-refractivity contribution in [2.24, 2.45) is 5.73 Å². The molecule has 1 unspecified atom stereocenters. The van der Waals surface area contributed by atoms with Crippen LogP contribution >= 0.6 is 11.3 Å². The minimum absolute atomic E-state index is 0.235. The number of carbonyl (C=O) groups is 2. The van der Waals surface area contributed by atoms with E-state index in [1.54, 1.807) is 19.1 Å². The van der Waals surface area contributed by atoms with Gasteiger partial charge in [0.2, 0.25) is 0 Å². The standard InChI is InChI=1S/C14H13BN2O6S/c1-6-2-7(22-14-17-5-10(24-14)13(16)20)3-8-12(6)9(4-11(18)19)23-15(8)21/h2-3,5,9,21H,4H2,1H3,(H2,16,20)(H,18,19). The number of primary amides is 1. The van der Waals surface area contributed by atoms with E-state index in [1.807, 2.05) is 0 Å². The average Bonchev–Trinajstić information content (AvgIpc) is 3.05. The van der Waals surface area contributed by atoms with Crippen LogP contribution in [0.3, 0.4) is 0 Å². The fraction of sp³-hybridized carbons (Fsp3) is 0.214. The van der Waals surface area contributed by atoms with Gasteiger partial charge in [0.25, 0.3) is 11.1 Å². The van der Waals surface area contributed by atoms with Crippen molar-refractivity contribution >= 4 is 35.8 Å². The highest BCUT2D eigenvalue weighted by atomic mass is 32.1. The number of aromatic nitrogens is 1. The zero-order valence-corrected chi connectivity index (χ0v) is 13.4. The fourth-order valence-electron chi connectivity index (χ4n) is 2.62. The number of carboxylic acid groups (broad SMARTS) is 1. The summed E-state index contributed by atoms with van der Waals surface area (Å²) in [5.41, 5.74) is 7.01. The molecule has 1 atom stereocenters. The predicted molar refractivity (Wildman–Crippen MR) is 85.6 cm³/mol. The number of aliphatic carboxylic acids is 1. The molecule has 1 aromatic carbocycles. The van der Waals surface area contributed by atoms with Crippen molar-refractivity contribution in [3.63, 3.8) is 0 Å². The Hall–Kier alpha value is -2.43. The van der Waals surface area contributed by atoms with Gasteiger partial charge in [-0.25, -0.2) is 4.98 Å². The van der Waals surface area contributed by atoms with Gasteiger partial charge in [-0.1, -0.05) is 11.3 Å². The zero-order chi connectivity index (χ0) is 17.4. The van der Waals surface area contributed by atoms with E-state index in [-0.39, 0.29) is 16.5 Å². The third kappa shape index (κ3) is 3.11. The largest absolute Gasteiger partial charge is 0.492 e. The van der Waals surface area contributed by atoms with Gasteiger partial charge < -0.3 is 25.3 Å². The maximum atomic E-state index is 11.1. The van der Waals surface area contributed by atoms with E-state index >= 15 is 0 Å². The summed E-state index contributed by atoms with van der Waals surface area (Å²) in [6.07, 6.45) is 0.381. The summed E-state index contributed by atoms with van der Waals surface area (Å²) >= 11 is 1.01. The summed E-state index contributed by atoms with van der Waals surface area (Å²) in [6, 6.07) is 3.26. The van der Waals surface area contributed by atoms with Gasteiger partial charge in [-0.2, -0.15) is 0 Å². The van der Waals surface area contributed by atoms with Crippen LogP contribution in [0.15, 0.2) is 18.3 Å². The summed E-state index contributed by atoms with van der Waals surface area (Å²) in [4.78, 5) is 26.2. The smallest absolute Gasteiger partial charge is 0.481 e. The maximum absolute atomic E-state index is 11.1. The average molecular weight is 348 g/mol. The molecule has 1 aromatic heterocycles. The van der Waals surface area contributed by atoms with Crippen LogP contribution in [0.25, 0.3) is 0 Å². The number of benzene rings is 1. The number of rotatable bonds is 5. The Morgan fingerprint density at radius 3 is 2.88 bits per heavy atom. The number of hydrogen-bond donors (Lipinski definition) is 3. The molecule has 24 heavy (non-hydrogen) atoms. The van der Waals surface area contributed by atoms with Crippen molar-refractivity contribution in [2.45, 2.75) is 19.4 Å². The van der Waals surface area contributed by atoms with Crippen LogP contribution in [0.2, 0.25) is 0 Å². The molecular weight excluding hydrogens is 335 g/mol. The quantitative estimate of drug-likeness (QED) is 0.673. The molecule has 3 rings (SSSR count). The number of ether oxygens (including phenoxy) is 1. The summed E-state index contributed by atoms with van der Waals surface area (Å²) in [5.74, 6) is -1.20. The second kappa shape index (κ2) is 6.23. The summed E-state index contributed by atoms with van der Waals surface area (Å²) in [5, 5.41) is 19.2. The van der Waals surface area contributed by atoms with Crippen LogP contribution in [0.1, 0.15) is 33.3 Å². The van der Waals surface area contributed by atoms with E-state index in [4.69, 9.17) is 20.2 Å². The SMILES string of the molecule is Cc1cc(Oc2ncc(C(N)=O)s2)cc2c1C(CC(=O)O)OB2O. The zero-order valence-electron chi connectivity index (χ0n) is 12.6. The second-order valence-corrected chi connectivity index (χ2v) is 6.27. The molecule has 0 aliphatic carbocycles. The van der Waals surface area contributed by atoms with Crippen LogP contribution < -0.4 is 15.9 Å². The molecule has 4 N–H and O–H groups in total. The topological polar surface area (TPSA) is 132 Å². The van der Waals surface area contributed by atoms with Gasteiger partial charge in [0.05, 0.1) is 18.7 Å². The highest BCUT2D eigenvalue weighted by Gasteiger charge is 2.38. The molecule has 1 aliphatic rings. The molecule has 8 nitrogen and oxygen atoms in total. The fourth-order valence-corrected chi connectivity index (χ4v) is 3.26. The Labute approximate surface area is 141 Å². The first-order valence-corrected chi connectivity index (χ1v) is 7.80. The first-order chi connectivity index (χ1) is 11.3. The van der Waals surface area contributed by atoms with Crippen molar-refractivity contribution in [3.8, 4) is 10.9 Å². The second-order valence-electron chi connectivity index (χ2n) is 5.27. The van der Waals surface area contributed by atoms with Crippen molar-refractivity contribution in [3.05, 3.63) is 34.3 Å². The number of nitrogens with two attached hydrogens (primary N) is 1. The lowest BCUT2D eigenvalue weighted by atomic mass is 9.77. The number of thiazole rings is 1. The van der Waals surface area contributed by atoms with Gasteiger partial charge in [0.1, 0.15) is 10.6 Å². The minimum atomic E-state index is -1.22. The Morgan fingerprint density at radius 2 is 2.25 bits per heavy atom. The lowest BCUT2D eigenvalue weighted by molar-refractivity contribution is -0.138. The van der Waals surface area contributed by atoms with E-state index in [2.05, 4.69) is 4.98 Å². The molecule has 0 saturated heterocycles. The van der Waals surface area contributed by atoms with Crippen LogP contribution in [-0.4, -0.2) is 34.1 Å². The molecule has 2 aromatic rings. The number of amides is 1. The van der Waals surface area contributed by atoms with Crippen molar-refractivity contribution < 1.29 is 29.1 Å². The Kier molecular flexibility index (Phi) is 4.27. The van der Waals surface area contributed by atoms with Gasteiger partial charge in [-0.15, -0.1) is 0 Å². The number of hydrogen-bond acceptors (Lipinski definition) is 7. The first-order valence-electron chi connectivity index (χ1n) is 6.98. The molecule has 10 heteroatoms. The Morgan fingerprint density at radius 1 is 1.50 bits per heavy atom. The predicted octanol–water partition coefficient (Wildman–Crippen LogP) is 0.576. The molecule has 0 spiro atoms. The van der Waals surface area contributed by atoms with Gasteiger partial charge in [-0.3, -0.25) is 9.59 Å². The van der Waals surface area contributed by atoms with Crippen LogP contribution in [0, 0.1) is 6.92 Å². The molecule has 0 bridgehead atoms. The molecule has 0 saturated carbocycles. The van der Waals surface area contributed by atoms with Crippen LogP contribution in [0.4, 0.5) is 0 Å². The molecule has 1 amide bonds. The summed E-state index contributed by atoms with van der Waals surface area (Å²) in [6.45, 7) is 1.78. The van der Waals surface area contributed by atoms with Gasteiger partial charge >= 0.3 is 13.1 Å². The van der Waals surface area contributed by atoms with E-state index in [9.17, 15) is 14.6 Å². The van der Waals surface area contributed by atoms with E-state index in [0.29, 0.717) is 16.8 Å². The van der Waals surface area contributed by atoms with E-state index < -0.39 is 25.1 Å². The summed E-state index contributed by atoms with van der Waals surface area (Å²) < 4.78 is 10.9. The van der Waals surface area contributed by atoms with Crippen molar-refractivity contribution in [2.75, 3.05) is 0 Å². The van der Waals surface area contributed by atoms with Crippen LogP contribution in [-0.2, 0) is 9.45 Å². The third-order valence-electron chi connectivity index (χ3n) is 3.57. The van der Waals surface area contributed by atoms with E-state index in [0.717, 1.165) is 16.9 Å². The number of carboxylic acids is 1. The minimum Gasteiger partial charge on any atom is -0.481 e. The normalized spacial score (nSPS) is 16.1. The van der Waals surface area contributed by atoms with E-state index in [1.165, 1.54) is 6.20 Å². The molecule has 2 heterocycles. The molecule has 0 radical (unpaired) electrons. The number of aryl methyl sites for hydroxylation is 1. The van der Waals surface area contributed by atoms with Crippen molar-refractivity contribution in [1.82, 2.24) is 4.98 Å². The lowest BCUT2D eigenvalue weighted by Gasteiger charge is -2.13. The third-order valence-corrected chi connectivity index (χ3v) is 4.46. The first kappa shape index (κ1) is 16.4. The van der Waals surface area contributed by atoms with Crippen LogP contribution in [0.5, 0.6) is 10.9 Å². The molecule has 124 valence electrons. The Balaban J connectivity index is 1.89. The number of fused-ring (bicyclic) bond motifs is 1. The highest BCUT2D eigenvalue weighted by Crippen LogP contribution is 2.33. The summed E-state index contributed by atoms with van der Waals surface area (Å²) in [7, 11) is -1.22. The molecule has 1 aliphatic heterocycles. The van der Waals surface area contributed by atoms with Gasteiger partial charge in [0, 0.05) is 0 Å². The van der Waals surface area contributed by atoms with Gasteiger partial charge in [0.15, 0.2) is 0 Å². The lowest BCUT2D eigenvalue weighted by Crippen LogP contribution is -2.28. The van der Waals surface area contributed by atoms with Gasteiger partial charge in [-0.05, 0) is 35.6 Å².